The van der Waals surface area contributed by atoms with Crippen LogP contribution in [0.3, 0.4) is 0 Å². The third kappa shape index (κ3) is 3.98. The molecule has 0 bridgehead atoms. The lowest BCUT2D eigenvalue weighted by Gasteiger charge is -2.40. The molecule has 1 saturated carbocycles. The van der Waals surface area contributed by atoms with Gasteiger partial charge < -0.3 is 0 Å². The number of likely N-dealkylation sites (tertiary alicyclic amines) is 1. The molecule has 0 aromatic rings. The molecule has 2 nitrogen and oxygen atoms in total. The summed E-state index contributed by atoms with van der Waals surface area (Å²) in [6.07, 6.45) is 10.3. The van der Waals surface area contributed by atoms with Gasteiger partial charge in [-0.25, -0.2) is 0 Å². The predicted octanol–water partition coefficient (Wildman–Crippen LogP) is 4.61. The molecule has 1 aliphatic heterocycles. The van der Waals surface area contributed by atoms with Gasteiger partial charge in [-0.15, -0.1) is 0 Å². The Bertz CT molecular complexity index is 342. The molecule has 1 heterocycles. The van der Waals surface area contributed by atoms with E-state index >= 15 is 0 Å². The van der Waals surface area contributed by atoms with E-state index < -0.39 is 0 Å². The van der Waals surface area contributed by atoms with Crippen LogP contribution in [0, 0.1) is 28.6 Å². The van der Waals surface area contributed by atoms with Crippen LogP contribution in [-0.2, 0) is 0 Å². The molecule has 2 fully saturated rings. The molecule has 114 valence electrons. The summed E-state index contributed by atoms with van der Waals surface area (Å²) in [7, 11) is 0. The second-order valence-electron chi connectivity index (χ2n) is 7.82. The van der Waals surface area contributed by atoms with Gasteiger partial charge in [0.05, 0.1) is 12.0 Å². The first kappa shape index (κ1) is 15.8. The molecule has 0 radical (unpaired) electrons. The number of nitriles is 1. The molecule has 0 aromatic heterocycles. The Morgan fingerprint density at radius 3 is 2.70 bits per heavy atom. The van der Waals surface area contributed by atoms with Gasteiger partial charge >= 0.3 is 0 Å². The minimum Gasteiger partial charge on any atom is -0.299 e. The van der Waals surface area contributed by atoms with Crippen LogP contribution >= 0.6 is 0 Å². The fraction of sp³-hybridized carbons (Fsp3) is 0.944. The Morgan fingerprint density at radius 2 is 2.00 bits per heavy atom. The van der Waals surface area contributed by atoms with Gasteiger partial charge in [-0.05, 0) is 62.9 Å². The number of nitrogens with zero attached hydrogens (tertiary/aromatic N) is 2. The molecule has 3 unspecified atom stereocenters. The van der Waals surface area contributed by atoms with Crippen molar-refractivity contribution in [3.63, 3.8) is 0 Å². The zero-order chi connectivity index (χ0) is 14.6. The monoisotopic (exact) mass is 276 g/mol. The van der Waals surface area contributed by atoms with Crippen LogP contribution in [0.1, 0.15) is 72.1 Å². The van der Waals surface area contributed by atoms with E-state index in [2.05, 4.69) is 31.7 Å². The van der Waals surface area contributed by atoms with E-state index in [4.69, 9.17) is 0 Å². The quantitative estimate of drug-likeness (QED) is 0.753. The van der Waals surface area contributed by atoms with E-state index in [1.54, 1.807) is 0 Å². The molecule has 2 rings (SSSR count). The highest BCUT2D eigenvalue weighted by Gasteiger charge is 2.35. The third-order valence-corrected chi connectivity index (χ3v) is 5.63. The first-order valence-electron chi connectivity index (χ1n) is 8.69. The standard InChI is InChI=1S/C18H32N2/c1-4-6-15-7-8-16(14-19)17(13-15)20-11-5-9-18(2,3)10-12-20/h15-17H,4-13H2,1-3H3. The van der Waals surface area contributed by atoms with E-state index in [1.165, 1.54) is 58.0 Å². The molecule has 0 spiro atoms. The Morgan fingerprint density at radius 1 is 1.20 bits per heavy atom. The third-order valence-electron chi connectivity index (χ3n) is 5.63. The molecule has 2 aliphatic rings. The highest BCUT2D eigenvalue weighted by molar-refractivity contribution is 4.98. The maximum atomic E-state index is 9.50. The molecule has 20 heavy (non-hydrogen) atoms. The number of hydrogen-bond acceptors (Lipinski definition) is 2. The van der Waals surface area contributed by atoms with E-state index in [0.29, 0.717) is 11.5 Å². The van der Waals surface area contributed by atoms with Gasteiger partial charge in [0.25, 0.3) is 0 Å². The second-order valence-corrected chi connectivity index (χ2v) is 7.82. The lowest BCUT2D eigenvalue weighted by molar-refractivity contribution is 0.0981. The summed E-state index contributed by atoms with van der Waals surface area (Å²) in [4.78, 5) is 2.67. The molecule has 1 saturated heterocycles. The van der Waals surface area contributed by atoms with Gasteiger partial charge in [-0.2, -0.15) is 5.26 Å². The highest BCUT2D eigenvalue weighted by atomic mass is 15.2. The Hall–Kier alpha value is -0.550. The summed E-state index contributed by atoms with van der Waals surface area (Å²) in [6, 6.07) is 3.15. The first-order valence-corrected chi connectivity index (χ1v) is 8.69. The fourth-order valence-electron chi connectivity index (χ4n) is 4.23. The summed E-state index contributed by atoms with van der Waals surface area (Å²) in [5.41, 5.74) is 0.494. The van der Waals surface area contributed by atoms with Crippen molar-refractivity contribution in [1.82, 2.24) is 4.90 Å². The molecular formula is C18H32N2. The predicted molar refractivity (Wildman–Crippen MR) is 84.3 cm³/mol. The van der Waals surface area contributed by atoms with Crippen molar-refractivity contribution in [2.24, 2.45) is 17.3 Å². The summed E-state index contributed by atoms with van der Waals surface area (Å²) >= 11 is 0. The number of rotatable bonds is 3. The molecule has 0 N–H and O–H groups in total. The van der Waals surface area contributed by atoms with Gasteiger partial charge in [-0.3, -0.25) is 4.90 Å². The Balaban J connectivity index is 2.01. The maximum absolute atomic E-state index is 9.50. The van der Waals surface area contributed by atoms with Crippen LogP contribution in [0.25, 0.3) is 0 Å². The zero-order valence-corrected chi connectivity index (χ0v) is 13.7. The summed E-state index contributed by atoms with van der Waals surface area (Å²) in [5.74, 6) is 1.15. The van der Waals surface area contributed by atoms with Crippen LogP contribution in [0.15, 0.2) is 0 Å². The van der Waals surface area contributed by atoms with Crippen LogP contribution in [0.4, 0.5) is 0 Å². The van der Waals surface area contributed by atoms with Gasteiger partial charge in [0.15, 0.2) is 0 Å². The lowest BCUT2D eigenvalue weighted by Crippen LogP contribution is -2.44. The summed E-state index contributed by atoms with van der Waals surface area (Å²) in [6.45, 7) is 9.51. The van der Waals surface area contributed by atoms with Crippen molar-refractivity contribution < 1.29 is 0 Å². The SMILES string of the molecule is CCCC1CCC(C#N)C(N2CCCC(C)(C)CC2)C1. The molecule has 0 aromatic carbocycles. The minimum absolute atomic E-state index is 0.282. The fourth-order valence-corrected chi connectivity index (χ4v) is 4.23. The highest BCUT2D eigenvalue weighted by Crippen LogP contribution is 2.37. The van der Waals surface area contributed by atoms with Gasteiger partial charge in [0.1, 0.15) is 0 Å². The zero-order valence-electron chi connectivity index (χ0n) is 13.7. The molecule has 2 heteroatoms. The first-order chi connectivity index (χ1) is 9.55. The van der Waals surface area contributed by atoms with Crippen molar-refractivity contribution in [3.8, 4) is 6.07 Å². The smallest absolute Gasteiger partial charge is 0.0672 e. The van der Waals surface area contributed by atoms with Gasteiger partial charge in [0, 0.05) is 6.04 Å². The van der Waals surface area contributed by atoms with Crippen molar-refractivity contribution in [2.45, 2.75) is 78.2 Å². The molecular weight excluding hydrogens is 244 g/mol. The van der Waals surface area contributed by atoms with Crippen LogP contribution in [0.5, 0.6) is 0 Å². The Kier molecular flexibility index (Phi) is 5.49. The van der Waals surface area contributed by atoms with Crippen LogP contribution < -0.4 is 0 Å². The largest absolute Gasteiger partial charge is 0.299 e. The van der Waals surface area contributed by atoms with Crippen molar-refractivity contribution >= 4 is 0 Å². The molecule has 0 amide bonds. The summed E-state index contributed by atoms with van der Waals surface area (Å²) < 4.78 is 0. The molecule has 1 aliphatic carbocycles. The van der Waals surface area contributed by atoms with E-state index in [9.17, 15) is 5.26 Å². The van der Waals surface area contributed by atoms with Gasteiger partial charge in [-0.1, -0.05) is 33.6 Å². The Labute approximate surface area is 125 Å². The van der Waals surface area contributed by atoms with Crippen LogP contribution in [0.2, 0.25) is 0 Å². The topological polar surface area (TPSA) is 27.0 Å². The lowest BCUT2D eigenvalue weighted by atomic mass is 9.76. The van der Waals surface area contributed by atoms with Crippen LogP contribution in [-0.4, -0.2) is 24.0 Å². The minimum atomic E-state index is 0.282. The number of hydrogen-bond donors (Lipinski definition) is 0. The van der Waals surface area contributed by atoms with E-state index in [1.807, 2.05) is 0 Å². The molecule has 3 atom stereocenters. The van der Waals surface area contributed by atoms with Crippen molar-refractivity contribution in [3.05, 3.63) is 0 Å². The van der Waals surface area contributed by atoms with Crippen molar-refractivity contribution in [1.29, 1.82) is 5.26 Å². The average molecular weight is 276 g/mol. The van der Waals surface area contributed by atoms with Gasteiger partial charge in [0.2, 0.25) is 0 Å². The average Bonchev–Trinajstić information content (AvgIpc) is 2.60. The normalized spacial score (nSPS) is 35.2. The van der Waals surface area contributed by atoms with E-state index in [0.717, 1.165) is 12.3 Å². The summed E-state index contributed by atoms with van der Waals surface area (Å²) in [5, 5.41) is 9.50. The maximum Gasteiger partial charge on any atom is 0.0672 e. The van der Waals surface area contributed by atoms with E-state index in [-0.39, 0.29) is 5.92 Å². The van der Waals surface area contributed by atoms with Crippen molar-refractivity contribution in [2.75, 3.05) is 13.1 Å². The second kappa shape index (κ2) is 6.94.